The van der Waals surface area contributed by atoms with Crippen molar-refractivity contribution in [2.24, 2.45) is 0 Å². The highest BCUT2D eigenvalue weighted by molar-refractivity contribution is 5.63. The Hall–Kier alpha value is -1.29. The van der Waals surface area contributed by atoms with Crippen LogP contribution in [0, 0.1) is 0 Å². The predicted octanol–water partition coefficient (Wildman–Crippen LogP) is 0.625. The van der Waals surface area contributed by atoms with Gasteiger partial charge in [-0.3, -0.25) is 0 Å². The van der Waals surface area contributed by atoms with Crippen molar-refractivity contribution in [3.05, 3.63) is 18.3 Å². The van der Waals surface area contributed by atoms with Gasteiger partial charge in [0.15, 0.2) is 0 Å². The minimum absolute atomic E-state index is 0.149. The van der Waals surface area contributed by atoms with Crippen molar-refractivity contribution in [3.8, 4) is 0 Å². The minimum atomic E-state index is -0.149. The van der Waals surface area contributed by atoms with Crippen LogP contribution in [-0.2, 0) is 0 Å². The van der Waals surface area contributed by atoms with Crippen LogP contribution in [0.2, 0.25) is 0 Å². The fraction of sp³-hybridized carbons (Fsp3) is 0.500. The zero-order chi connectivity index (χ0) is 9.97. The molecule has 1 fully saturated rings. The van der Waals surface area contributed by atoms with E-state index in [1.54, 1.807) is 6.20 Å². The summed E-state index contributed by atoms with van der Waals surface area (Å²) < 4.78 is 0. The molecule has 4 nitrogen and oxygen atoms in total. The largest absolute Gasteiger partial charge is 0.393 e. The lowest BCUT2D eigenvalue weighted by Gasteiger charge is -2.31. The number of aliphatic hydroxyl groups excluding tert-OH is 1. The average molecular weight is 193 g/mol. The quantitative estimate of drug-likeness (QED) is 0.686. The zero-order valence-electron chi connectivity index (χ0n) is 8.06. The molecule has 1 aliphatic heterocycles. The fourth-order valence-electron chi connectivity index (χ4n) is 1.78. The average Bonchev–Trinajstić information content (AvgIpc) is 2.20. The Balaban J connectivity index is 2.12. The van der Waals surface area contributed by atoms with Crippen molar-refractivity contribution >= 4 is 11.5 Å². The maximum Gasteiger partial charge on any atom is 0.146 e. The van der Waals surface area contributed by atoms with Crippen molar-refractivity contribution in [1.82, 2.24) is 4.98 Å². The molecule has 1 aliphatic rings. The van der Waals surface area contributed by atoms with Gasteiger partial charge in [0.05, 0.1) is 11.8 Å². The van der Waals surface area contributed by atoms with E-state index in [-0.39, 0.29) is 6.10 Å². The first-order chi connectivity index (χ1) is 6.77. The Morgan fingerprint density at radius 3 is 2.79 bits per heavy atom. The van der Waals surface area contributed by atoms with Crippen molar-refractivity contribution < 1.29 is 5.11 Å². The molecular weight excluding hydrogens is 178 g/mol. The molecule has 3 N–H and O–H groups in total. The third-order valence-electron chi connectivity index (χ3n) is 2.62. The van der Waals surface area contributed by atoms with E-state index in [2.05, 4.69) is 9.88 Å². The molecule has 0 atom stereocenters. The Morgan fingerprint density at radius 2 is 2.14 bits per heavy atom. The van der Waals surface area contributed by atoms with E-state index in [0.29, 0.717) is 5.82 Å². The highest BCUT2D eigenvalue weighted by atomic mass is 16.3. The van der Waals surface area contributed by atoms with E-state index < -0.39 is 0 Å². The molecule has 0 spiro atoms. The summed E-state index contributed by atoms with van der Waals surface area (Å²) in [5.41, 5.74) is 6.76. The molecule has 1 aromatic rings. The second-order valence-electron chi connectivity index (χ2n) is 3.63. The number of hydrogen-bond donors (Lipinski definition) is 2. The first-order valence-corrected chi connectivity index (χ1v) is 4.91. The van der Waals surface area contributed by atoms with Gasteiger partial charge < -0.3 is 15.7 Å². The molecular formula is C10H15N3O. The molecule has 2 rings (SSSR count). The van der Waals surface area contributed by atoms with Crippen LogP contribution in [0.3, 0.4) is 0 Å². The summed E-state index contributed by atoms with van der Waals surface area (Å²) in [5, 5.41) is 9.37. The van der Waals surface area contributed by atoms with Gasteiger partial charge in [0.2, 0.25) is 0 Å². The van der Waals surface area contributed by atoms with Gasteiger partial charge in [-0.1, -0.05) is 0 Å². The SMILES string of the molecule is Nc1ncccc1N1CCC(O)CC1. The summed E-state index contributed by atoms with van der Waals surface area (Å²) in [7, 11) is 0. The van der Waals surface area contributed by atoms with Gasteiger partial charge >= 0.3 is 0 Å². The van der Waals surface area contributed by atoms with E-state index in [4.69, 9.17) is 5.73 Å². The van der Waals surface area contributed by atoms with Gasteiger partial charge in [-0.05, 0) is 25.0 Å². The van der Waals surface area contributed by atoms with Gasteiger partial charge in [0.1, 0.15) is 5.82 Å². The number of anilines is 2. The lowest BCUT2D eigenvalue weighted by Crippen LogP contribution is -2.36. The first-order valence-electron chi connectivity index (χ1n) is 4.91. The lowest BCUT2D eigenvalue weighted by molar-refractivity contribution is 0.145. The molecule has 0 unspecified atom stereocenters. The maximum absolute atomic E-state index is 9.37. The Morgan fingerprint density at radius 1 is 1.43 bits per heavy atom. The van der Waals surface area contributed by atoms with Crippen LogP contribution >= 0.6 is 0 Å². The molecule has 2 heterocycles. The number of nitrogens with zero attached hydrogens (tertiary/aromatic N) is 2. The van der Waals surface area contributed by atoms with Crippen LogP contribution < -0.4 is 10.6 Å². The smallest absolute Gasteiger partial charge is 0.146 e. The highest BCUT2D eigenvalue weighted by Gasteiger charge is 2.18. The summed E-state index contributed by atoms with van der Waals surface area (Å²) in [6.07, 6.45) is 3.17. The monoisotopic (exact) mass is 193 g/mol. The van der Waals surface area contributed by atoms with Crippen molar-refractivity contribution in [2.45, 2.75) is 18.9 Å². The van der Waals surface area contributed by atoms with Crippen molar-refractivity contribution in [2.75, 3.05) is 23.7 Å². The summed E-state index contributed by atoms with van der Waals surface area (Å²) in [6, 6.07) is 3.86. The van der Waals surface area contributed by atoms with Crippen LogP contribution in [0.1, 0.15) is 12.8 Å². The molecule has 14 heavy (non-hydrogen) atoms. The fourth-order valence-corrected chi connectivity index (χ4v) is 1.78. The number of pyridine rings is 1. The van der Waals surface area contributed by atoms with Crippen LogP contribution in [0.15, 0.2) is 18.3 Å². The molecule has 0 aromatic carbocycles. The Bertz CT molecular complexity index is 308. The summed E-state index contributed by atoms with van der Waals surface area (Å²) in [6.45, 7) is 1.72. The maximum atomic E-state index is 9.37. The summed E-state index contributed by atoms with van der Waals surface area (Å²) in [4.78, 5) is 6.22. The van der Waals surface area contributed by atoms with Crippen LogP contribution in [-0.4, -0.2) is 29.3 Å². The number of nitrogen functional groups attached to an aromatic ring is 1. The van der Waals surface area contributed by atoms with Gasteiger partial charge in [0, 0.05) is 19.3 Å². The number of hydrogen-bond acceptors (Lipinski definition) is 4. The molecule has 0 aliphatic carbocycles. The second-order valence-corrected chi connectivity index (χ2v) is 3.63. The molecule has 0 bridgehead atoms. The van der Waals surface area contributed by atoms with Crippen LogP contribution in [0.25, 0.3) is 0 Å². The molecule has 0 amide bonds. The lowest BCUT2D eigenvalue weighted by atomic mass is 10.1. The van der Waals surface area contributed by atoms with E-state index in [0.717, 1.165) is 31.6 Å². The van der Waals surface area contributed by atoms with Crippen molar-refractivity contribution in [1.29, 1.82) is 0 Å². The Kier molecular flexibility index (Phi) is 2.54. The minimum Gasteiger partial charge on any atom is -0.393 e. The van der Waals surface area contributed by atoms with E-state index in [1.165, 1.54) is 0 Å². The highest BCUT2D eigenvalue weighted by Crippen LogP contribution is 2.23. The van der Waals surface area contributed by atoms with Gasteiger partial charge in [-0.2, -0.15) is 0 Å². The normalized spacial score (nSPS) is 18.5. The van der Waals surface area contributed by atoms with Gasteiger partial charge in [0.25, 0.3) is 0 Å². The first kappa shape index (κ1) is 9.27. The number of aromatic nitrogens is 1. The number of aliphatic hydroxyl groups is 1. The van der Waals surface area contributed by atoms with Gasteiger partial charge in [-0.15, -0.1) is 0 Å². The van der Waals surface area contributed by atoms with E-state index in [1.807, 2.05) is 12.1 Å². The van der Waals surface area contributed by atoms with E-state index in [9.17, 15) is 5.11 Å². The standard InChI is InChI=1S/C10H15N3O/c11-10-9(2-1-5-12-10)13-6-3-8(14)4-7-13/h1-2,5,8,14H,3-4,6-7H2,(H2,11,12). The Labute approximate surface area is 83.4 Å². The summed E-state index contributed by atoms with van der Waals surface area (Å²) in [5.74, 6) is 0.573. The molecule has 4 heteroatoms. The molecule has 0 radical (unpaired) electrons. The zero-order valence-corrected chi connectivity index (χ0v) is 8.06. The number of piperidine rings is 1. The van der Waals surface area contributed by atoms with E-state index >= 15 is 0 Å². The number of nitrogens with two attached hydrogens (primary N) is 1. The second kappa shape index (κ2) is 3.84. The molecule has 1 aromatic heterocycles. The predicted molar refractivity (Wildman–Crippen MR) is 56.1 cm³/mol. The molecule has 1 saturated heterocycles. The molecule has 0 saturated carbocycles. The van der Waals surface area contributed by atoms with Crippen LogP contribution in [0.5, 0.6) is 0 Å². The van der Waals surface area contributed by atoms with Crippen molar-refractivity contribution in [3.63, 3.8) is 0 Å². The summed E-state index contributed by atoms with van der Waals surface area (Å²) >= 11 is 0. The topological polar surface area (TPSA) is 62.4 Å². The molecule has 76 valence electrons. The van der Waals surface area contributed by atoms with Gasteiger partial charge in [-0.25, -0.2) is 4.98 Å². The van der Waals surface area contributed by atoms with Crippen LogP contribution in [0.4, 0.5) is 11.5 Å². The number of rotatable bonds is 1. The third kappa shape index (κ3) is 1.80. The third-order valence-corrected chi connectivity index (χ3v) is 2.62.